The highest BCUT2D eigenvalue weighted by molar-refractivity contribution is 6.30. The van der Waals surface area contributed by atoms with Crippen LogP contribution < -0.4 is 5.32 Å². The first kappa shape index (κ1) is 14.8. The van der Waals surface area contributed by atoms with Crippen molar-refractivity contribution in [3.8, 4) is 0 Å². The standard InChI is InChI=1S/C14H17ClN2O3/c1-20-6-5-17-9-10(7-13(17)18)14(19)16-12-4-2-3-11(15)8-12/h2-4,8,10H,5-7,9H2,1H3,(H,16,19)/t10-/m0/s1. The molecule has 0 aromatic heterocycles. The highest BCUT2D eigenvalue weighted by Gasteiger charge is 2.33. The van der Waals surface area contributed by atoms with Gasteiger partial charge >= 0.3 is 0 Å². The summed E-state index contributed by atoms with van der Waals surface area (Å²) in [5.74, 6) is -0.479. The van der Waals surface area contributed by atoms with E-state index in [0.717, 1.165) is 0 Å². The van der Waals surface area contributed by atoms with E-state index in [2.05, 4.69) is 5.32 Å². The third-order valence-electron chi connectivity index (χ3n) is 3.24. The molecule has 5 nitrogen and oxygen atoms in total. The molecule has 1 aromatic rings. The summed E-state index contributed by atoms with van der Waals surface area (Å²) in [7, 11) is 1.59. The van der Waals surface area contributed by atoms with Crippen molar-refractivity contribution in [1.82, 2.24) is 4.90 Å². The summed E-state index contributed by atoms with van der Waals surface area (Å²) in [4.78, 5) is 25.6. The molecular weight excluding hydrogens is 280 g/mol. The number of anilines is 1. The quantitative estimate of drug-likeness (QED) is 0.901. The van der Waals surface area contributed by atoms with Gasteiger partial charge in [-0.25, -0.2) is 0 Å². The molecule has 6 heteroatoms. The third kappa shape index (κ3) is 3.71. The van der Waals surface area contributed by atoms with Crippen LogP contribution in [0.25, 0.3) is 0 Å². The van der Waals surface area contributed by atoms with Gasteiger partial charge in [0, 0.05) is 37.3 Å². The number of likely N-dealkylation sites (tertiary alicyclic amines) is 1. The van der Waals surface area contributed by atoms with Crippen molar-refractivity contribution in [3.05, 3.63) is 29.3 Å². The van der Waals surface area contributed by atoms with Crippen LogP contribution in [0.3, 0.4) is 0 Å². The van der Waals surface area contributed by atoms with Crippen molar-refractivity contribution in [1.29, 1.82) is 0 Å². The van der Waals surface area contributed by atoms with E-state index >= 15 is 0 Å². The number of hydrogen-bond donors (Lipinski definition) is 1. The molecule has 1 fully saturated rings. The predicted octanol–water partition coefficient (Wildman–Crippen LogP) is 1.77. The number of nitrogens with zero attached hydrogens (tertiary/aromatic N) is 1. The lowest BCUT2D eigenvalue weighted by Crippen LogP contribution is -2.30. The zero-order valence-corrected chi connectivity index (χ0v) is 12.0. The minimum Gasteiger partial charge on any atom is -0.383 e. The lowest BCUT2D eigenvalue weighted by molar-refractivity contribution is -0.128. The molecule has 0 spiro atoms. The van der Waals surface area contributed by atoms with Crippen LogP contribution in [0.5, 0.6) is 0 Å². The summed E-state index contributed by atoms with van der Waals surface area (Å²) in [6.45, 7) is 1.44. The largest absolute Gasteiger partial charge is 0.383 e. The Balaban J connectivity index is 1.92. The number of benzene rings is 1. The highest BCUT2D eigenvalue weighted by Crippen LogP contribution is 2.21. The first-order chi connectivity index (χ1) is 9.60. The predicted molar refractivity (Wildman–Crippen MR) is 76.6 cm³/mol. The number of hydrogen-bond acceptors (Lipinski definition) is 3. The second-order valence-electron chi connectivity index (χ2n) is 4.73. The topological polar surface area (TPSA) is 58.6 Å². The Labute approximate surface area is 122 Å². The molecule has 1 atom stereocenters. The summed E-state index contributed by atoms with van der Waals surface area (Å²) >= 11 is 5.86. The number of ether oxygens (including phenoxy) is 1. The normalized spacial score (nSPS) is 18.4. The van der Waals surface area contributed by atoms with Crippen molar-refractivity contribution >= 4 is 29.1 Å². The molecule has 1 heterocycles. The maximum atomic E-state index is 12.1. The minimum absolute atomic E-state index is 0.00621. The zero-order valence-electron chi connectivity index (χ0n) is 11.3. The van der Waals surface area contributed by atoms with Gasteiger partial charge < -0.3 is 15.0 Å². The van der Waals surface area contributed by atoms with E-state index in [1.807, 2.05) is 0 Å². The fourth-order valence-electron chi connectivity index (χ4n) is 2.18. The molecule has 0 bridgehead atoms. The van der Waals surface area contributed by atoms with E-state index in [9.17, 15) is 9.59 Å². The van der Waals surface area contributed by atoms with Gasteiger partial charge in [0.1, 0.15) is 0 Å². The van der Waals surface area contributed by atoms with E-state index in [1.54, 1.807) is 36.3 Å². The Bertz CT molecular complexity index is 507. The van der Waals surface area contributed by atoms with Crippen LogP contribution in [0, 0.1) is 5.92 Å². The van der Waals surface area contributed by atoms with Gasteiger partial charge in [0.15, 0.2) is 0 Å². The molecule has 0 unspecified atom stereocenters. The summed E-state index contributed by atoms with van der Waals surface area (Å²) < 4.78 is 4.95. The number of halogens is 1. The van der Waals surface area contributed by atoms with Gasteiger partial charge in [-0.3, -0.25) is 9.59 Å². The molecule has 1 saturated heterocycles. The van der Waals surface area contributed by atoms with Gasteiger partial charge in [0.25, 0.3) is 0 Å². The number of carbonyl (C=O) groups excluding carboxylic acids is 2. The molecule has 1 aromatic carbocycles. The van der Waals surface area contributed by atoms with Crippen LogP contribution in [-0.2, 0) is 14.3 Å². The summed E-state index contributed by atoms with van der Waals surface area (Å²) in [6.07, 6.45) is 0.246. The smallest absolute Gasteiger partial charge is 0.229 e. The maximum Gasteiger partial charge on any atom is 0.229 e. The lowest BCUT2D eigenvalue weighted by atomic mass is 10.1. The molecule has 2 amide bonds. The number of methoxy groups -OCH3 is 1. The van der Waals surface area contributed by atoms with Crippen LogP contribution in [0.2, 0.25) is 5.02 Å². The molecular formula is C14H17ClN2O3. The van der Waals surface area contributed by atoms with Crippen molar-refractivity contribution < 1.29 is 14.3 Å². The summed E-state index contributed by atoms with van der Waals surface area (Å²) in [6, 6.07) is 6.95. The maximum absolute atomic E-state index is 12.1. The molecule has 0 saturated carbocycles. The van der Waals surface area contributed by atoms with Gasteiger partial charge in [0.05, 0.1) is 12.5 Å². The van der Waals surface area contributed by atoms with Crippen molar-refractivity contribution in [3.63, 3.8) is 0 Å². The van der Waals surface area contributed by atoms with Crippen molar-refractivity contribution in [2.75, 3.05) is 32.1 Å². The molecule has 1 N–H and O–H groups in total. The monoisotopic (exact) mass is 296 g/mol. The molecule has 0 radical (unpaired) electrons. The molecule has 2 rings (SSSR count). The SMILES string of the molecule is COCCN1C[C@@H](C(=O)Nc2cccc(Cl)c2)CC1=O. The highest BCUT2D eigenvalue weighted by atomic mass is 35.5. The Morgan fingerprint density at radius 3 is 3.05 bits per heavy atom. The number of amides is 2. The Morgan fingerprint density at radius 1 is 1.55 bits per heavy atom. The van der Waals surface area contributed by atoms with Crippen molar-refractivity contribution in [2.24, 2.45) is 5.92 Å². The Hall–Kier alpha value is -1.59. The molecule has 1 aliphatic heterocycles. The van der Waals surface area contributed by atoms with Crippen molar-refractivity contribution in [2.45, 2.75) is 6.42 Å². The van der Waals surface area contributed by atoms with E-state index in [1.165, 1.54) is 0 Å². The van der Waals surface area contributed by atoms with Gasteiger partial charge in [-0.2, -0.15) is 0 Å². The van der Waals surface area contributed by atoms with Crippen LogP contribution in [-0.4, -0.2) is 43.5 Å². The summed E-state index contributed by atoms with van der Waals surface area (Å²) in [5.41, 5.74) is 0.644. The van der Waals surface area contributed by atoms with E-state index in [-0.39, 0.29) is 24.2 Å². The molecule has 108 valence electrons. The van der Waals surface area contributed by atoms with Crippen LogP contribution in [0.15, 0.2) is 24.3 Å². The van der Waals surface area contributed by atoms with E-state index < -0.39 is 0 Å². The average Bonchev–Trinajstić information content (AvgIpc) is 2.78. The van der Waals surface area contributed by atoms with E-state index in [0.29, 0.717) is 30.4 Å². The lowest BCUT2D eigenvalue weighted by Gasteiger charge is -2.15. The molecule has 0 aliphatic carbocycles. The van der Waals surface area contributed by atoms with Crippen LogP contribution in [0.1, 0.15) is 6.42 Å². The van der Waals surface area contributed by atoms with Crippen LogP contribution in [0.4, 0.5) is 5.69 Å². The number of carbonyl (C=O) groups is 2. The average molecular weight is 297 g/mol. The van der Waals surface area contributed by atoms with Gasteiger partial charge in [-0.15, -0.1) is 0 Å². The fourth-order valence-corrected chi connectivity index (χ4v) is 2.37. The fraction of sp³-hybridized carbons (Fsp3) is 0.429. The minimum atomic E-state index is -0.321. The molecule has 1 aliphatic rings. The second kappa shape index (κ2) is 6.72. The Morgan fingerprint density at radius 2 is 2.35 bits per heavy atom. The first-order valence-electron chi connectivity index (χ1n) is 6.43. The van der Waals surface area contributed by atoms with Gasteiger partial charge in [0.2, 0.25) is 11.8 Å². The summed E-state index contributed by atoms with van der Waals surface area (Å²) in [5, 5.41) is 3.35. The number of nitrogens with one attached hydrogen (secondary N) is 1. The zero-order chi connectivity index (χ0) is 14.5. The van der Waals surface area contributed by atoms with Gasteiger partial charge in [-0.05, 0) is 18.2 Å². The molecule has 20 heavy (non-hydrogen) atoms. The number of rotatable bonds is 5. The second-order valence-corrected chi connectivity index (χ2v) is 5.17. The Kier molecular flexibility index (Phi) is 4.98. The first-order valence-corrected chi connectivity index (χ1v) is 6.81. The van der Waals surface area contributed by atoms with Crippen LogP contribution >= 0.6 is 11.6 Å². The van der Waals surface area contributed by atoms with Gasteiger partial charge in [-0.1, -0.05) is 17.7 Å². The third-order valence-corrected chi connectivity index (χ3v) is 3.48. The van der Waals surface area contributed by atoms with E-state index in [4.69, 9.17) is 16.3 Å².